The van der Waals surface area contributed by atoms with Crippen LogP contribution in [0.1, 0.15) is 6.42 Å². The van der Waals surface area contributed by atoms with E-state index in [2.05, 4.69) is 5.32 Å². The van der Waals surface area contributed by atoms with Gasteiger partial charge in [-0.25, -0.2) is 0 Å². The summed E-state index contributed by atoms with van der Waals surface area (Å²) in [4.78, 5) is 11.8. The number of anilines is 1. The summed E-state index contributed by atoms with van der Waals surface area (Å²) in [5.41, 5.74) is 0.838. The van der Waals surface area contributed by atoms with Gasteiger partial charge in [0.1, 0.15) is 11.5 Å². The third-order valence-electron chi connectivity index (χ3n) is 3.09. The van der Waals surface area contributed by atoms with Crippen LogP contribution in [-0.2, 0) is 4.79 Å². The number of methoxy groups -OCH3 is 1. The number of carbonyl (C=O) groups excluding carboxylic acids is 1. The molecular weight excluding hydrogens is 310 g/mol. The summed E-state index contributed by atoms with van der Waals surface area (Å²) in [5.74, 6) is 3.32. The molecule has 0 aliphatic carbocycles. The second-order valence-corrected chi connectivity index (χ2v) is 6.03. The van der Waals surface area contributed by atoms with Crippen LogP contribution in [0.3, 0.4) is 0 Å². The van der Waals surface area contributed by atoms with Crippen molar-refractivity contribution in [1.82, 2.24) is 0 Å². The van der Waals surface area contributed by atoms with Crippen LogP contribution >= 0.6 is 11.8 Å². The molecule has 2 rings (SSSR count). The van der Waals surface area contributed by atoms with E-state index in [9.17, 15) is 4.79 Å². The number of carbonyl (C=O) groups is 1. The fourth-order valence-corrected chi connectivity index (χ4v) is 2.64. The molecule has 0 bridgehead atoms. The number of hydrogen-bond acceptors (Lipinski definition) is 4. The topological polar surface area (TPSA) is 47.6 Å². The predicted octanol–water partition coefficient (Wildman–Crippen LogP) is 3.84. The van der Waals surface area contributed by atoms with E-state index in [1.54, 1.807) is 18.9 Å². The number of nitrogens with one attached hydrogen (secondary N) is 1. The molecule has 0 saturated heterocycles. The van der Waals surface area contributed by atoms with Crippen LogP contribution in [0.4, 0.5) is 5.69 Å². The number of thioether (sulfide) groups is 1. The van der Waals surface area contributed by atoms with Gasteiger partial charge in [-0.3, -0.25) is 4.79 Å². The van der Waals surface area contributed by atoms with Crippen molar-refractivity contribution >= 4 is 23.4 Å². The van der Waals surface area contributed by atoms with Gasteiger partial charge in [0.05, 0.1) is 13.7 Å². The Labute approximate surface area is 141 Å². The number of benzene rings is 2. The molecule has 122 valence electrons. The first-order valence-electron chi connectivity index (χ1n) is 7.47. The second kappa shape index (κ2) is 9.79. The van der Waals surface area contributed by atoms with Crippen molar-refractivity contribution in [2.24, 2.45) is 0 Å². The third-order valence-corrected chi connectivity index (χ3v) is 4.03. The van der Waals surface area contributed by atoms with Crippen LogP contribution in [0.2, 0.25) is 0 Å². The fraction of sp³-hybridized carbons (Fsp3) is 0.278. The standard InChI is InChI=1S/C18H21NO3S/c1-21-16-7-9-17(10-8-16)22-12-14-23-13-11-18(20)19-15-5-3-2-4-6-15/h2-10H,11-14H2,1H3,(H,19,20). The minimum atomic E-state index is 0.0415. The van der Waals surface area contributed by atoms with Gasteiger partial charge in [0.2, 0.25) is 5.91 Å². The van der Waals surface area contributed by atoms with E-state index in [1.807, 2.05) is 54.6 Å². The zero-order valence-corrected chi connectivity index (χ0v) is 14.0. The number of hydrogen-bond donors (Lipinski definition) is 1. The summed E-state index contributed by atoms with van der Waals surface area (Å²) >= 11 is 1.71. The first-order chi connectivity index (χ1) is 11.3. The van der Waals surface area contributed by atoms with Crippen LogP contribution in [0, 0.1) is 0 Å². The van der Waals surface area contributed by atoms with E-state index in [-0.39, 0.29) is 5.91 Å². The minimum absolute atomic E-state index is 0.0415. The van der Waals surface area contributed by atoms with Gasteiger partial charge in [0.25, 0.3) is 0 Å². The Balaban J connectivity index is 1.54. The molecule has 0 radical (unpaired) electrons. The molecule has 0 heterocycles. The van der Waals surface area contributed by atoms with Crippen molar-refractivity contribution in [3.05, 3.63) is 54.6 Å². The Bertz CT molecular complexity index is 587. The Morgan fingerprint density at radius 1 is 1.00 bits per heavy atom. The Kier molecular flexibility index (Phi) is 7.33. The average molecular weight is 331 g/mol. The molecule has 1 N–H and O–H groups in total. The molecule has 0 saturated carbocycles. The summed E-state index contributed by atoms with van der Waals surface area (Å²) in [6.45, 7) is 0.622. The van der Waals surface area contributed by atoms with Crippen LogP contribution in [0.25, 0.3) is 0 Å². The van der Waals surface area contributed by atoms with Crippen molar-refractivity contribution in [2.75, 3.05) is 30.5 Å². The predicted molar refractivity (Wildman–Crippen MR) is 95.5 cm³/mol. The summed E-state index contributed by atoms with van der Waals surface area (Å²) in [6, 6.07) is 17.0. The zero-order valence-electron chi connectivity index (χ0n) is 13.2. The molecule has 0 unspecified atom stereocenters. The first-order valence-corrected chi connectivity index (χ1v) is 8.63. The lowest BCUT2D eigenvalue weighted by atomic mass is 10.3. The number of ether oxygens (including phenoxy) is 2. The maximum atomic E-state index is 11.8. The van der Waals surface area contributed by atoms with E-state index in [0.29, 0.717) is 13.0 Å². The highest BCUT2D eigenvalue weighted by Gasteiger charge is 2.02. The van der Waals surface area contributed by atoms with Gasteiger partial charge in [0, 0.05) is 23.6 Å². The number of para-hydroxylation sites is 1. The molecule has 0 aliphatic heterocycles. The van der Waals surface area contributed by atoms with E-state index >= 15 is 0 Å². The highest BCUT2D eigenvalue weighted by molar-refractivity contribution is 7.99. The quantitative estimate of drug-likeness (QED) is 0.709. The molecule has 23 heavy (non-hydrogen) atoms. The van der Waals surface area contributed by atoms with E-state index in [4.69, 9.17) is 9.47 Å². The second-order valence-electron chi connectivity index (χ2n) is 4.80. The van der Waals surface area contributed by atoms with Gasteiger partial charge in [0.15, 0.2) is 0 Å². The molecule has 5 heteroatoms. The molecule has 4 nitrogen and oxygen atoms in total. The van der Waals surface area contributed by atoms with Crippen molar-refractivity contribution in [3.63, 3.8) is 0 Å². The highest BCUT2D eigenvalue weighted by atomic mass is 32.2. The summed E-state index contributed by atoms with van der Waals surface area (Å²) in [5, 5.41) is 2.87. The van der Waals surface area contributed by atoms with Gasteiger partial charge in [-0.15, -0.1) is 0 Å². The summed E-state index contributed by atoms with van der Waals surface area (Å²) in [6.07, 6.45) is 0.502. The maximum absolute atomic E-state index is 11.8. The zero-order chi connectivity index (χ0) is 16.3. The van der Waals surface area contributed by atoms with Gasteiger partial charge in [-0.1, -0.05) is 18.2 Å². The molecule has 0 atom stereocenters. The van der Waals surface area contributed by atoms with Crippen LogP contribution in [0.5, 0.6) is 11.5 Å². The molecule has 0 aliphatic rings. The van der Waals surface area contributed by atoms with Crippen LogP contribution in [-0.4, -0.2) is 31.1 Å². The highest BCUT2D eigenvalue weighted by Crippen LogP contribution is 2.17. The molecule has 2 aromatic rings. The Hall–Kier alpha value is -2.14. The lowest BCUT2D eigenvalue weighted by Crippen LogP contribution is -2.12. The minimum Gasteiger partial charge on any atom is -0.497 e. The van der Waals surface area contributed by atoms with Crippen molar-refractivity contribution in [1.29, 1.82) is 0 Å². The van der Waals surface area contributed by atoms with Crippen molar-refractivity contribution in [3.8, 4) is 11.5 Å². The monoisotopic (exact) mass is 331 g/mol. The van der Waals surface area contributed by atoms with E-state index in [1.165, 1.54) is 0 Å². The summed E-state index contributed by atoms with van der Waals surface area (Å²) in [7, 11) is 1.64. The molecule has 0 spiro atoms. The van der Waals surface area contributed by atoms with Gasteiger partial charge in [-0.05, 0) is 36.4 Å². The maximum Gasteiger partial charge on any atom is 0.225 e. The Morgan fingerprint density at radius 3 is 2.39 bits per heavy atom. The molecular formula is C18H21NO3S. The number of rotatable bonds is 9. The lowest BCUT2D eigenvalue weighted by Gasteiger charge is -2.07. The average Bonchev–Trinajstić information content (AvgIpc) is 2.59. The van der Waals surface area contributed by atoms with Crippen molar-refractivity contribution < 1.29 is 14.3 Å². The Morgan fingerprint density at radius 2 is 1.70 bits per heavy atom. The van der Waals surface area contributed by atoms with Crippen molar-refractivity contribution in [2.45, 2.75) is 6.42 Å². The van der Waals surface area contributed by atoms with E-state index in [0.717, 1.165) is 28.7 Å². The first kappa shape index (κ1) is 17.2. The normalized spacial score (nSPS) is 10.1. The SMILES string of the molecule is COc1ccc(OCCSCCC(=O)Nc2ccccc2)cc1. The van der Waals surface area contributed by atoms with Gasteiger partial charge < -0.3 is 14.8 Å². The third kappa shape index (κ3) is 6.65. The van der Waals surface area contributed by atoms with Gasteiger partial charge in [-0.2, -0.15) is 11.8 Å². The molecule has 1 amide bonds. The van der Waals surface area contributed by atoms with E-state index < -0.39 is 0 Å². The van der Waals surface area contributed by atoms with Gasteiger partial charge >= 0.3 is 0 Å². The number of amides is 1. The fourth-order valence-electron chi connectivity index (χ4n) is 1.90. The smallest absolute Gasteiger partial charge is 0.225 e. The van der Waals surface area contributed by atoms with Crippen LogP contribution in [0.15, 0.2) is 54.6 Å². The molecule has 0 aromatic heterocycles. The van der Waals surface area contributed by atoms with Crippen LogP contribution < -0.4 is 14.8 Å². The lowest BCUT2D eigenvalue weighted by molar-refractivity contribution is -0.115. The largest absolute Gasteiger partial charge is 0.497 e. The summed E-state index contributed by atoms with van der Waals surface area (Å²) < 4.78 is 10.7. The molecule has 0 fully saturated rings. The molecule has 2 aromatic carbocycles.